The molecule has 1 aliphatic heterocycles. The standard InChI is InChI=1S/C26H36N2O3/c1-4-31-24-14-11-21(17-25(24)30-3)8-5-15-27-26(29)23-12-9-22(10-13-23)19-28-16-6-7-20(2)18-28/h9-14,17,20H,4-8,15-16,18-19H2,1-3H3,(H,27,29)/t20-/m0/s1. The summed E-state index contributed by atoms with van der Waals surface area (Å²) in [6, 6.07) is 14.1. The van der Waals surface area contributed by atoms with E-state index in [1.54, 1.807) is 7.11 Å². The van der Waals surface area contributed by atoms with Crippen LogP contribution in [0.5, 0.6) is 11.5 Å². The maximum atomic E-state index is 12.5. The van der Waals surface area contributed by atoms with Crippen molar-refractivity contribution in [2.75, 3.05) is 33.4 Å². The van der Waals surface area contributed by atoms with E-state index in [0.29, 0.717) is 13.2 Å². The molecule has 0 saturated carbocycles. The quantitative estimate of drug-likeness (QED) is 0.562. The van der Waals surface area contributed by atoms with Gasteiger partial charge in [0.1, 0.15) is 0 Å². The molecule has 0 bridgehead atoms. The van der Waals surface area contributed by atoms with Gasteiger partial charge in [-0.25, -0.2) is 0 Å². The highest BCUT2D eigenvalue weighted by Gasteiger charge is 2.16. The molecular formula is C26H36N2O3. The zero-order valence-corrected chi connectivity index (χ0v) is 19.2. The Kier molecular flexibility index (Phi) is 8.77. The fourth-order valence-electron chi connectivity index (χ4n) is 4.19. The van der Waals surface area contributed by atoms with E-state index in [4.69, 9.17) is 9.47 Å². The van der Waals surface area contributed by atoms with Crippen LogP contribution in [0.1, 0.15) is 54.6 Å². The van der Waals surface area contributed by atoms with Gasteiger partial charge in [0.15, 0.2) is 11.5 Å². The topological polar surface area (TPSA) is 50.8 Å². The van der Waals surface area contributed by atoms with Crippen molar-refractivity contribution < 1.29 is 14.3 Å². The average molecular weight is 425 g/mol. The molecule has 1 atom stereocenters. The first kappa shape index (κ1) is 23.1. The van der Waals surface area contributed by atoms with Crippen LogP contribution in [-0.4, -0.2) is 44.2 Å². The van der Waals surface area contributed by atoms with Gasteiger partial charge < -0.3 is 14.8 Å². The second-order valence-electron chi connectivity index (χ2n) is 8.46. The Morgan fingerprint density at radius 1 is 1.13 bits per heavy atom. The summed E-state index contributed by atoms with van der Waals surface area (Å²) in [5.41, 5.74) is 3.17. The second kappa shape index (κ2) is 11.8. The van der Waals surface area contributed by atoms with Crippen molar-refractivity contribution in [1.82, 2.24) is 10.2 Å². The van der Waals surface area contributed by atoms with Crippen molar-refractivity contribution >= 4 is 5.91 Å². The number of hydrogen-bond acceptors (Lipinski definition) is 4. The molecule has 1 saturated heterocycles. The van der Waals surface area contributed by atoms with Crippen LogP contribution in [0.15, 0.2) is 42.5 Å². The zero-order valence-electron chi connectivity index (χ0n) is 19.2. The minimum Gasteiger partial charge on any atom is -0.493 e. The summed E-state index contributed by atoms with van der Waals surface area (Å²) in [5.74, 6) is 2.28. The molecular weight excluding hydrogens is 388 g/mol. The second-order valence-corrected chi connectivity index (χ2v) is 8.46. The predicted octanol–water partition coefficient (Wildman–Crippen LogP) is 4.69. The number of rotatable bonds is 10. The van der Waals surface area contributed by atoms with Gasteiger partial charge >= 0.3 is 0 Å². The van der Waals surface area contributed by atoms with Gasteiger partial charge in [-0.05, 0) is 80.5 Å². The van der Waals surface area contributed by atoms with E-state index in [2.05, 4.69) is 35.3 Å². The summed E-state index contributed by atoms with van der Waals surface area (Å²) in [5, 5.41) is 3.03. The molecule has 0 aliphatic carbocycles. The summed E-state index contributed by atoms with van der Waals surface area (Å²) in [4.78, 5) is 15.0. The van der Waals surface area contributed by atoms with Gasteiger partial charge in [-0.2, -0.15) is 0 Å². The molecule has 168 valence electrons. The average Bonchev–Trinajstić information content (AvgIpc) is 2.78. The van der Waals surface area contributed by atoms with Crippen LogP contribution in [-0.2, 0) is 13.0 Å². The SMILES string of the molecule is CCOc1ccc(CCCNC(=O)c2ccc(CN3CCC[C@H](C)C3)cc2)cc1OC. The largest absolute Gasteiger partial charge is 0.493 e. The van der Waals surface area contributed by atoms with Gasteiger partial charge in [-0.15, -0.1) is 0 Å². The van der Waals surface area contributed by atoms with Gasteiger partial charge in [0.2, 0.25) is 0 Å². The van der Waals surface area contributed by atoms with Gasteiger partial charge in [-0.1, -0.05) is 25.1 Å². The summed E-state index contributed by atoms with van der Waals surface area (Å²) in [7, 11) is 1.65. The molecule has 1 N–H and O–H groups in total. The highest BCUT2D eigenvalue weighted by molar-refractivity contribution is 5.94. The summed E-state index contributed by atoms with van der Waals surface area (Å²) >= 11 is 0. The molecule has 1 fully saturated rings. The normalized spacial score (nSPS) is 16.7. The molecule has 31 heavy (non-hydrogen) atoms. The molecule has 3 rings (SSSR count). The number of hydrogen-bond donors (Lipinski definition) is 1. The predicted molar refractivity (Wildman–Crippen MR) is 125 cm³/mol. The number of methoxy groups -OCH3 is 1. The fraction of sp³-hybridized carbons (Fsp3) is 0.500. The number of benzene rings is 2. The molecule has 1 amide bonds. The van der Waals surface area contributed by atoms with Gasteiger partial charge in [0.25, 0.3) is 5.91 Å². The lowest BCUT2D eigenvalue weighted by atomic mass is 9.99. The van der Waals surface area contributed by atoms with Crippen LogP contribution in [0.2, 0.25) is 0 Å². The highest BCUT2D eigenvalue weighted by Crippen LogP contribution is 2.28. The van der Waals surface area contributed by atoms with Gasteiger partial charge in [0.05, 0.1) is 13.7 Å². The van der Waals surface area contributed by atoms with Crippen LogP contribution in [0.25, 0.3) is 0 Å². The van der Waals surface area contributed by atoms with Crippen LogP contribution < -0.4 is 14.8 Å². The van der Waals surface area contributed by atoms with Gasteiger partial charge in [-0.3, -0.25) is 9.69 Å². The van der Waals surface area contributed by atoms with Crippen LogP contribution in [0.4, 0.5) is 0 Å². The number of piperidine rings is 1. The molecule has 2 aromatic carbocycles. The summed E-state index contributed by atoms with van der Waals surface area (Å²) in [6.45, 7) is 8.85. The van der Waals surface area contributed by atoms with E-state index >= 15 is 0 Å². The first-order chi connectivity index (χ1) is 15.1. The van der Waals surface area contributed by atoms with E-state index in [9.17, 15) is 4.79 Å². The number of aryl methyl sites for hydroxylation is 1. The van der Waals surface area contributed by atoms with E-state index in [1.807, 2.05) is 31.2 Å². The summed E-state index contributed by atoms with van der Waals surface area (Å²) in [6.07, 6.45) is 4.36. The highest BCUT2D eigenvalue weighted by atomic mass is 16.5. The van der Waals surface area contributed by atoms with Crippen molar-refractivity contribution in [3.63, 3.8) is 0 Å². The third kappa shape index (κ3) is 7.00. The third-order valence-electron chi connectivity index (χ3n) is 5.82. The van der Waals surface area contributed by atoms with Crippen LogP contribution in [0.3, 0.4) is 0 Å². The first-order valence-electron chi connectivity index (χ1n) is 11.5. The molecule has 0 spiro atoms. The molecule has 0 radical (unpaired) electrons. The minimum atomic E-state index is -0.0116. The Labute approximate surface area is 186 Å². The fourth-order valence-corrected chi connectivity index (χ4v) is 4.19. The van der Waals surface area contributed by atoms with Crippen LogP contribution >= 0.6 is 0 Å². The van der Waals surface area contributed by atoms with Crippen molar-refractivity contribution in [2.24, 2.45) is 5.92 Å². The van der Waals surface area contributed by atoms with E-state index in [-0.39, 0.29) is 5.91 Å². The lowest BCUT2D eigenvalue weighted by Gasteiger charge is -2.30. The van der Waals surface area contributed by atoms with E-state index < -0.39 is 0 Å². The lowest BCUT2D eigenvalue weighted by Crippen LogP contribution is -2.33. The number of nitrogens with zero attached hydrogens (tertiary/aromatic N) is 1. The molecule has 1 heterocycles. The maximum Gasteiger partial charge on any atom is 0.251 e. The zero-order chi connectivity index (χ0) is 22.1. The van der Waals surface area contributed by atoms with E-state index in [1.165, 1.54) is 37.1 Å². The number of likely N-dealkylation sites (tertiary alicyclic amines) is 1. The maximum absolute atomic E-state index is 12.5. The minimum absolute atomic E-state index is 0.0116. The Morgan fingerprint density at radius 3 is 2.61 bits per heavy atom. The molecule has 5 heteroatoms. The van der Waals surface area contributed by atoms with Crippen molar-refractivity contribution in [3.8, 4) is 11.5 Å². The molecule has 1 aliphatic rings. The monoisotopic (exact) mass is 424 g/mol. The number of carbonyl (C=O) groups is 1. The van der Waals surface area contributed by atoms with Crippen LogP contribution in [0, 0.1) is 5.92 Å². The van der Waals surface area contributed by atoms with Crippen molar-refractivity contribution in [3.05, 3.63) is 59.2 Å². The molecule has 2 aromatic rings. The Balaban J connectivity index is 1.42. The number of ether oxygens (including phenoxy) is 2. The van der Waals surface area contributed by atoms with E-state index in [0.717, 1.165) is 42.4 Å². The molecule has 0 aromatic heterocycles. The number of nitrogens with one attached hydrogen (secondary N) is 1. The Bertz CT molecular complexity index is 835. The Morgan fingerprint density at radius 2 is 1.90 bits per heavy atom. The van der Waals surface area contributed by atoms with Crippen molar-refractivity contribution in [1.29, 1.82) is 0 Å². The number of amides is 1. The Hall–Kier alpha value is -2.53. The number of carbonyl (C=O) groups excluding carboxylic acids is 1. The first-order valence-corrected chi connectivity index (χ1v) is 11.5. The molecule has 5 nitrogen and oxygen atoms in total. The van der Waals surface area contributed by atoms with Gasteiger partial charge in [0, 0.05) is 25.2 Å². The molecule has 0 unspecified atom stereocenters. The third-order valence-corrected chi connectivity index (χ3v) is 5.82. The summed E-state index contributed by atoms with van der Waals surface area (Å²) < 4.78 is 11.0. The lowest BCUT2D eigenvalue weighted by molar-refractivity contribution is 0.0953. The van der Waals surface area contributed by atoms with Crippen molar-refractivity contribution in [2.45, 2.75) is 46.1 Å². The smallest absolute Gasteiger partial charge is 0.251 e.